The van der Waals surface area contributed by atoms with Crippen LogP contribution in [0.25, 0.3) is 0 Å². The van der Waals surface area contributed by atoms with Crippen molar-refractivity contribution in [1.29, 1.82) is 0 Å². The molecule has 1 N–H and O–H groups in total. The first-order valence-electron chi connectivity index (χ1n) is 9.40. The van der Waals surface area contributed by atoms with Gasteiger partial charge in [-0.2, -0.15) is 5.10 Å². The molecular weight excluding hydrogens is 328 g/mol. The Hall–Kier alpha value is -2.44. The van der Waals surface area contributed by atoms with E-state index >= 15 is 0 Å². The van der Waals surface area contributed by atoms with Crippen LogP contribution >= 0.6 is 0 Å². The summed E-state index contributed by atoms with van der Waals surface area (Å²) in [7, 11) is 1.84. The lowest BCUT2D eigenvalue weighted by Gasteiger charge is -2.20. The lowest BCUT2D eigenvalue weighted by Crippen LogP contribution is -2.32. The minimum Gasteiger partial charge on any atom is -0.372 e. The first kappa shape index (κ1) is 18.4. The molecule has 3 rings (SSSR count). The lowest BCUT2D eigenvalue weighted by atomic mass is 9.95. The number of aryl methyl sites for hydroxylation is 2. The fourth-order valence-corrected chi connectivity index (χ4v) is 3.46. The van der Waals surface area contributed by atoms with E-state index < -0.39 is 0 Å². The van der Waals surface area contributed by atoms with E-state index in [1.165, 1.54) is 0 Å². The highest BCUT2D eigenvalue weighted by Gasteiger charge is 2.21. The molecule has 1 fully saturated rings. The van der Waals surface area contributed by atoms with Gasteiger partial charge in [0.15, 0.2) is 0 Å². The molecule has 26 heavy (non-hydrogen) atoms. The maximum Gasteiger partial charge on any atom is 0.224 e. The van der Waals surface area contributed by atoms with Gasteiger partial charge in [-0.05, 0) is 44.6 Å². The minimum absolute atomic E-state index is 0.233. The number of nitrogens with zero attached hydrogens (tertiary/aromatic N) is 5. The molecule has 1 atom stereocenters. The van der Waals surface area contributed by atoms with Crippen molar-refractivity contribution in [2.45, 2.75) is 45.6 Å². The summed E-state index contributed by atoms with van der Waals surface area (Å²) in [5, 5.41) is 7.33. The Morgan fingerprint density at radius 3 is 2.85 bits per heavy atom. The maximum absolute atomic E-state index is 12.5. The van der Waals surface area contributed by atoms with Crippen molar-refractivity contribution in [3.8, 4) is 0 Å². The van der Waals surface area contributed by atoms with E-state index in [9.17, 15) is 4.79 Å². The fourth-order valence-electron chi connectivity index (χ4n) is 3.46. The summed E-state index contributed by atoms with van der Waals surface area (Å²) in [5.41, 5.74) is 2.02. The highest BCUT2D eigenvalue weighted by molar-refractivity contribution is 5.76. The molecule has 0 aliphatic carbocycles. The summed E-state index contributed by atoms with van der Waals surface area (Å²) >= 11 is 0. The van der Waals surface area contributed by atoms with Crippen LogP contribution in [0.1, 0.15) is 37.1 Å². The van der Waals surface area contributed by atoms with E-state index in [1.54, 1.807) is 6.20 Å². The van der Waals surface area contributed by atoms with Crippen LogP contribution in [0.4, 0.5) is 5.82 Å². The van der Waals surface area contributed by atoms with Crippen LogP contribution in [0.2, 0.25) is 0 Å². The molecule has 0 bridgehead atoms. The Balaban J connectivity index is 1.46. The number of amides is 1. The molecule has 2 aromatic heterocycles. The van der Waals surface area contributed by atoms with Crippen LogP contribution in [-0.4, -0.2) is 50.7 Å². The first-order chi connectivity index (χ1) is 12.6. The fraction of sp³-hybridized carbons (Fsp3) is 0.579. The van der Waals surface area contributed by atoms with Gasteiger partial charge in [-0.3, -0.25) is 14.5 Å². The number of rotatable bonds is 6. The monoisotopic (exact) mass is 356 g/mol. The molecule has 0 saturated carbocycles. The summed E-state index contributed by atoms with van der Waals surface area (Å²) in [6, 6.07) is 1.97. The number of hydrogen-bond donors (Lipinski definition) is 1. The molecule has 1 aliphatic heterocycles. The van der Waals surface area contributed by atoms with Gasteiger partial charge in [0.05, 0.1) is 23.8 Å². The van der Waals surface area contributed by atoms with Crippen molar-refractivity contribution in [3.63, 3.8) is 0 Å². The highest BCUT2D eigenvalue weighted by atomic mass is 16.2. The highest BCUT2D eigenvalue weighted by Crippen LogP contribution is 2.21. The second-order valence-electron chi connectivity index (χ2n) is 7.00. The quantitative estimate of drug-likeness (QED) is 0.859. The van der Waals surface area contributed by atoms with Crippen molar-refractivity contribution in [1.82, 2.24) is 24.6 Å². The third kappa shape index (κ3) is 5.03. The summed E-state index contributed by atoms with van der Waals surface area (Å²) in [6.07, 6.45) is 10.2. The van der Waals surface area contributed by atoms with Gasteiger partial charge in [-0.1, -0.05) is 0 Å². The number of aromatic nitrogens is 4. The number of likely N-dealkylation sites (tertiary alicyclic amines) is 1. The van der Waals surface area contributed by atoms with Gasteiger partial charge in [0.2, 0.25) is 5.91 Å². The molecule has 0 aromatic carbocycles. The van der Waals surface area contributed by atoms with Crippen molar-refractivity contribution in [2.75, 3.05) is 25.5 Å². The molecule has 1 amide bonds. The molecule has 1 aliphatic rings. The van der Waals surface area contributed by atoms with Gasteiger partial charge in [-0.25, -0.2) is 4.98 Å². The molecular formula is C19H28N6O. The SMILES string of the molecule is CNc1cnc(C[C@@H]2CCCN(C(=O)CCn3ccc(C)n3)CC2)cn1. The molecule has 0 spiro atoms. The van der Waals surface area contributed by atoms with Crippen molar-refractivity contribution in [2.24, 2.45) is 5.92 Å². The normalized spacial score (nSPS) is 17.8. The van der Waals surface area contributed by atoms with E-state index in [4.69, 9.17) is 0 Å². The van der Waals surface area contributed by atoms with Crippen LogP contribution in [-0.2, 0) is 17.8 Å². The number of carbonyl (C=O) groups is 1. The second-order valence-corrected chi connectivity index (χ2v) is 7.00. The molecule has 7 heteroatoms. The Morgan fingerprint density at radius 1 is 1.27 bits per heavy atom. The standard InChI is InChI=1S/C19H28N6O/c1-15-5-10-25(23-15)11-7-19(26)24-8-3-4-16(6-9-24)12-17-13-22-18(20-2)14-21-17/h5,10,13-14,16H,3-4,6-9,11-12H2,1-2H3,(H,20,22)/t16-/m1/s1. The summed E-state index contributed by atoms with van der Waals surface area (Å²) in [4.78, 5) is 23.4. The van der Waals surface area contributed by atoms with Gasteiger partial charge >= 0.3 is 0 Å². The van der Waals surface area contributed by atoms with Crippen molar-refractivity contribution < 1.29 is 4.79 Å². The smallest absolute Gasteiger partial charge is 0.224 e. The summed E-state index contributed by atoms with van der Waals surface area (Å²) < 4.78 is 1.85. The van der Waals surface area contributed by atoms with Gasteiger partial charge < -0.3 is 10.2 Å². The van der Waals surface area contributed by atoms with Crippen LogP contribution in [0.5, 0.6) is 0 Å². The largest absolute Gasteiger partial charge is 0.372 e. The van der Waals surface area contributed by atoms with E-state index in [0.29, 0.717) is 18.9 Å². The molecule has 0 unspecified atom stereocenters. The van der Waals surface area contributed by atoms with E-state index in [1.807, 2.05) is 42.0 Å². The van der Waals surface area contributed by atoms with Gasteiger partial charge in [0, 0.05) is 39.3 Å². The average Bonchev–Trinajstić information content (AvgIpc) is 2.93. The van der Waals surface area contributed by atoms with Crippen LogP contribution < -0.4 is 5.32 Å². The van der Waals surface area contributed by atoms with E-state index in [2.05, 4.69) is 20.4 Å². The topological polar surface area (TPSA) is 75.9 Å². The zero-order valence-corrected chi connectivity index (χ0v) is 15.7. The van der Waals surface area contributed by atoms with Crippen LogP contribution in [0, 0.1) is 12.8 Å². The lowest BCUT2D eigenvalue weighted by molar-refractivity contribution is -0.131. The third-order valence-corrected chi connectivity index (χ3v) is 4.99. The van der Waals surface area contributed by atoms with Crippen LogP contribution in [0.15, 0.2) is 24.7 Å². The van der Waals surface area contributed by atoms with Crippen molar-refractivity contribution >= 4 is 11.7 Å². The molecule has 1 saturated heterocycles. The Bertz CT molecular complexity index is 711. The molecule has 7 nitrogen and oxygen atoms in total. The summed E-state index contributed by atoms with van der Waals surface area (Å²) in [6.45, 7) is 4.31. The minimum atomic E-state index is 0.233. The van der Waals surface area contributed by atoms with Crippen molar-refractivity contribution in [3.05, 3.63) is 36.0 Å². The first-order valence-corrected chi connectivity index (χ1v) is 9.40. The number of nitrogens with one attached hydrogen (secondary N) is 1. The second kappa shape index (κ2) is 8.78. The number of anilines is 1. The zero-order chi connectivity index (χ0) is 18.4. The Kier molecular flexibility index (Phi) is 6.20. The average molecular weight is 356 g/mol. The zero-order valence-electron chi connectivity index (χ0n) is 15.7. The number of hydrogen-bond acceptors (Lipinski definition) is 5. The Labute approximate surface area is 154 Å². The molecule has 140 valence electrons. The van der Waals surface area contributed by atoms with E-state index in [-0.39, 0.29) is 5.91 Å². The van der Waals surface area contributed by atoms with Gasteiger partial charge in [-0.15, -0.1) is 0 Å². The Morgan fingerprint density at radius 2 is 2.15 bits per heavy atom. The maximum atomic E-state index is 12.5. The molecule has 0 radical (unpaired) electrons. The van der Waals surface area contributed by atoms with E-state index in [0.717, 1.165) is 56.0 Å². The van der Waals surface area contributed by atoms with Gasteiger partial charge in [0.25, 0.3) is 0 Å². The molecule has 3 heterocycles. The third-order valence-electron chi connectivity index (χ3n) is 4.99. The predicted octanol–water partition coefficient (Wildman–Crippen LogP) is 2.28. The predicted molar refractivity (Wildman–Crippen MR) is 101 cm³/mol. The van der Waals surface area contributed by atoms with Gasteiger partial charge in [0.1, 0.15) is 5.82 Å². The number of carbonyl (C=O) groups excluding carboxylic acids is 1. The molecule has 2 aromatic rings. The van der Waals surface area contributed by atoms with Crippen LogP contribution in [0.3, 0.4) is 0 Å². The summed E-state index contributed by atoms with van der Waals surface area (Å²) in [5.74, 6) is 1.59.